The lowest BCUT2D eigenvalue weighted by atomic mass is 10.0. The van der Waals surface area contributed by atoms with Gasteiger partial charge in [-0.2, -0.15) is 0 Å². The molecule has 0 aromatic heterocycles. The third-order valence-electron chi connectivity index (χ3n) is 2.88. The molecule has 0 aliphatic carbocycles. The molecule has 1 aliphatic rings. The molecular formula is C12H23NO3. The zero-order valence-electron chi connectivity index (χ0n) is 10.7. The monoisotopic (exact) mass is 229 g/mol. The van der Waals surface area contributed by atoms with E-state index in [1.807, 2.05) is 32.6 Å². The molecule has 1 aliphatic heterocycles. The Hall–Kier alpha value is -0.610. The summed E-state index contributed by atoms with van der Waals surface area (Å²) in [5.41, 5.74) is -0.251. The Labute approximate surface area is 97.6 Å². The second-order valence-electron chi connectivity index (χ2n) is 5.26. The zero-order chi connectivity index (χ0) is 12.3. The number of hydrogen-bond donors (Lipinski definition) is 1. The maximum atomic E-state index is 11.2. The lowest BCUT2D eigenvalue weighted by molar-refractivity contribution is -0.160. The minimum Gasteiger partial charge on any atom is -0.480 e. The Morgan fingerprint density at radius 1 is 1.62 bits per heavy atom. The second kappa shape index (κ2) is 5.15. The Balaban J connectivity index is 2.72. The smallest absolute Gasteiger partial charge is 0.320 e. The van der Waals surface area contributed by atoms with Crippen LogP contribution in [0.2, 0.25) is 0 Å². The summed E-state index contributed by atoms with van der Waals surface area (Å²) in [6.45, 7) is 9.44. The molecule has 1 fully saturated rings. The van der Waals surface area contributed by atoms with E-state index in [0.717, 1.165) is 6.42 Å². The number of carboxylic acids is 1. The Morgan fingerprint density at radius 3 is 2.69 bits per heavy atom. The van der Waals surface area contributed by atoms with E-state index < -0.39 is 5.97 Å². The van der Waals surface area contributed by atoms with Crippen LogP contribution in [-0.2, 0) is 9.53 Å². The SMILES string of the molecule is CCCC(C(=O)O)N1CC(C)OC(C)(C)C1. The molecule has 0 saturated carbocycles. The summed E-state index contributed by atoms with van der Waals surface area (Å²) in [4.78, 5) is 13.3. The highest BCUT2D eigenvalue weighted by Crippen LogP contribution is 2.23. The molecule has 2 atom stereocenters. The first kappa shape index (κ1) is 13.5. The van der Waals surface area contributed by atoms with Gasteiger partial charge in [-0.25, -0.2) is 0 Å². The highest BCUT2D eigenvalue weighted by Gasteiger charge is 2.36. The molecule has 2 unspecified atom stereocenters. The van der Waals surface area contributed by atoms with Gasteiger partial charge in [-0.3, -0.25) is 9.69 Å². The molecule has 4 nitrogen and oxygen atoms in total. The van der Waals surface area contributed by atoms with Crippen molar-refractivity contribution in [1.82, 2.24) is 4.90 Å². The number of hydrogen-bond acceptors (Lipinski definition) is 3. The molecule has 94 valence electrons. The number of carboxylic acid groups (broad SMARTS) is 1. The van der Waals surface area contributed by atoms with Crippen LogP contribution in [0.3, 0.4) is 0 Å². The minimum absolute atomic E-state index is 0.0995. The van der Waals surface area contributed by atoms with Crippen molar-refractivity contribution in [1.29, 1.82) is 0 Å². The van der Waals surface area contributed by atoms with E-state index in [9.17, 15) is 9.90 Å². The lowest BCUT2D eigenvalue weighted by Crippen LogP contribution is -2.56. The summed E-state index contributed by atoms with van der Waals surface area (Å²) < 4.78 is 5.78. The summed E-state index contributed by atoms with van der Waals surface area (Å²) >= 11 is 0. The molecule has 4 heteroatoms. The third kappa shape index (κ3) is 3.46. The Kier molecular flexibility index (Phi) is 4.33. The van der Waals surface area contributed by atoms with Crippen molar-refractivity contribution in [3.05, 3.63) is 0 Å². The van der Waals surface area contributed by atoms with Gasteiger partial charge in [-0.15, -0.1) is 0 Å². The summed E-state index contributed by atoms with van der Waals surface area (Å²) in [5.74, 6) is -0.716. The van der Waals surface area contributed by atoms with Gasteiger partial charge in [0.25, 0.3) is 0 Å². The molecule has 1 N–H and O–H groups in total. The average Bonchev–Trinajstić information content (AvgIpc) is 2.09. The van der Waals surface area contributed by atoms with Crippen LogP contribution < -0.4 is 0 Å². The zero-order valence-corrected chi connectivity index (χ0v) is 10.7. The van der Waals surface area contributed by atoms with Gasteiger partial charge in [-0.1, -0.05) is 13.3 Å². The summed E-state index contributed by atoms with van der Waals surface area (Å²) in [6, 6.07) is -0.365. The normalized spacial score (nSPS) is 27.6. The van der Waals surface area contributed by atoms with Crippen LogP contribution in [-0.4, -0.2) is 46.8 Å². The van der Waals surface area contributed by atoms with E-state index in [2.05, 4.69) is 0 Å². The Morgan fingerprint density at radius 2 is 2.25 bits per heavy atom. The summed E-state index contributed by atoms with van der Waals surface area (Å²) in [6.07, 6.45) is 1.70. The average molecular weight is 229 g/mol. The Bertz CT molecular complexity index is 253. The van der Waals surface area contributed by atoms with Gasteiger partial charge in [0.1, 0.15) is 6.04 Å². The van der Waals surface area contributed by atoms with Crippen molar-refractivity contribution < 1.29 is 14.6 Å². The fourth-order valence-electron chi connectivity index (χ4n) is 2.48. The van der Waals surface area contributed by atoms with E-state index in [1.54, 1.807) is 0 Å². The van der Waals surface area contributed by atoms with E-state index >= 15 is 0 Å². The molecule has 0 amide bonds. The van der Waals surface area contributed by atoms with Crippen LogP contribution in [0.25, 0.3) is 0 Å². The maximum Gasteiger partial charge on any atom is 0.320 e. The van der Waals surface area contributed by atoms with Crippen LogP contribution in [0.4, 0.5) is 0 Å². The van der Waals surface area contributed by atoms with Gasteiger partial charge >= 0.3 is 5.97 Å². The highest BCUT2D eigenvalue weighted by molar-refractivity contribution is 5.73. The molecular weight excluding hydrogens is 206 g/mol. The largest absolute Gasteiger partial charge is 0.480 e. The fraction of sp³-hybridized carbons (Fsp3) is 0.917. The van der Waals surface area contributed by atoms with Crippen molar-refractivity contribution in [3.8, 4) is 0 Å². The van der Waals surface area contributed by atoms with Crippen molar-refractivity contribution >= 4 is 5.97 Å². The molecule has 0 aromatic rings. The minimum atomic E-state index is -0.716. The quantitative estimate of drug-likeness (QED) is 0.797. The molecule has 16 heavy (non-hydrogen) atoms. The van der Waals surface area contributed by atoms with Crippen molar-refractivity contribution in [2.24, 2.45) is 0 Å². The number of carbonyl (C=O) groups is 1. The van der Waals surface area contributed by atoms with Crippen LogP contribution in [0.1, 0.15) is 40.5 Å². The van der Waals surface area contributed by atoms with Gasteiger partial charge < -0.3 is 9.84 Å². The molecule has 0 bridgehead atoms. The first-order valence-corrected chi connectivity index (χ1v) is 6.00. The molecule has 1 saturated heterocycles. The van der Waals surface area contributed by atoms with E-state index in [4.69, 9.17) is 4.74 Å². The predicted octanol–water partition coefficient (Wildman–Crippen LogP) is 1.74. The van der Waals surface area contributed by atoms with Crippen LogP contribution >= 0.6 is 0 Å². The number of aliphatic carboxylic acids is 1. The molecule has 0 radical (unpaired) electrons. The van der Waals surface area contributed by atoms with Gasteiger partial charge in [0, 0.05) is 13.1 Å². The van der Waals surface area contributed by atoms with Gasteiger partial charge in [0.2, 0.25) is 0 Å². The third-order valence-corrected chi connectivity index (χ3v) is 2.88. The van der Waals surface area contributed by atoms with Crippen LogP contribution in [0, 0.1) is 0 Å². The first-order chi connectivity index (χ1) is 7.35. The first-order valence-electron chi connectivity index (χ1n) is 6.00. The number of rotatable bonds is 4. The van der Waals surface area contributed by atoms with Crippen LogP contribution in [0.15, 0.2) is 0 Å². The van der Waals surface area contributed by atoms with Crippen molar-refractivity contribution in [2.75, 3.05) is 13.1 Å². The molecule has 0 aromatic carbocycles. The molecule has 1 heterocycles. The number of nitrogens with zero attached hydrogens (tertiary/aromatic N) is 1. The van der Waals surface area contributed by atoms with Gasteiger partial charge in [0.15, 0.2) is 0 Å². The maximum absolute atomic E-state index is 11.2. The van der Waals surface area contributed by atoms with Crippen LogP contribution in [0.5, 0.6) is 0 Å². The highest BCUT2D eigenvalue weighted by atomic mass is 16.5. The van der Waals surface area contributed by atoms with E-state index in [0.29, 0.717) is 19.5 Å². The van der Waals surface area contributed by atoms with Gasteiger partial charge in [0.05, 0.1) is 11.7 Å². The number of morpholine rings is 1. The lowest BCUT2D eigenvalue weighted by Gasteiger charge is -2.44. The predicted molar refractivity (Wildman–Crippen MR) is 62.5 cm³/mol. The fourth-order valence-corrected chi connectivity index (χ4v) is 2.48. The van der Waals surface area contributed by atoms with E-state index in [1.165, 1.54) is 0 Å². The summed E-state index contributed by atoms with van der Waals surface area (Å²) in [5, 5.41) is 9.23. The molecule has 1 rings (SSSR count). The summed E-state index contributed by atoms with van der Waals surface area (Å²) in [7, 11) is 0. The van der Waals surface area contributed by atoms with Crippen molar-refractivity contribution in [3.63, 3.8) is 0 Å². The molecule has 0 spiro atoms. The standard InChI is InChI=1S/C12H23NO3/c1-5-6-10(11(14)15)13-7-9(2)16-12(3,4)8-13/h9-10H,5-8H2,1-4H3,(H,14,15). The second-order valence-corrected chi connectivity index (χ2v) is 5.26. The number of ether oxygens (including phenoxy) is 1. The van der Waals surface area contributed by atoms with E-state index in [-0.39, 0.29) is 17.7 Å². The topological polar surface area (TPSA) is 49.8 Å². The van der Waals surface area contributed by atoms with Crippen molar-refractivity contribution in [2.45, 2.75) is 58.3 Å². The van der Waals surface area contributed by atoms with Gasteiger partial charge in [-0.05, 0) is 27.2 Å².